The zero-order valence-electron chi connectivity index (χ0n) is 19.8. The van der Waals surface area contributed by atoms with Crippen LogP contribution in [0.15, 0.2) is 18.2 Å². The van der Waals surface area contributed by atoms with E-state index < -0.39 is 64.3 Å². The Labute approximate surface area is 202 Å². The molecule has 2 N–H and O–H groups in total. The average molecular weight is 514 g/mol. The van der Waals surface area contributed by atoms with Crippen molar-refractivity contribution in [1.29, 1.82) is 0 Å². The summed E-state index contributed by atoms with van der Waals surface area (Å²) in [7, 11) is -4.36. The molecule has 2 heterocycles. The Bertz CT molecular complexity index is 1170. The highest BCUT2D eigenvalue weighted by atomic mass is 32.2. The van der Waals surface area contributed by atoms with Crippen LogP contribution in [0, 0.1) is 11.7 Å². The first-order valence-electron chi connectivity index (χ1n) is 11.0. The van der Waals surface area contributed by atoms with Crippen molar-refractivity contribution >= 4 is 39.4 Å². The van der Waals surface area contributed by atoms with Gasteiger partial charge in [-0.05, 0) is 36.5 Å². The Morgan fingerprint density at radius 3 is 2.49 bits per heavy atom. The van der Waals surface area contributed by atoms with Crippen molar-refractivity contribution in [2.45, 2.75) is 52.9 Å². The minimum Gasteiger partial charge on any atom is -0.506 e. The fourth-order valence-electron chi connectivity index (χ4n) is 3.95. The molecule has 192 valence electrons. The van der Waals surface area contributed by atoms with Gasteiger partial charge in [-0.25, -0.2) is 18.2 Å². The predicted molar refractivity (Wildman–Crippen MR) is 123 cm³/mol. The highest BCUT2D eigenvalue weighted by molar-refractivity contribution is 7.92. The molecule has 2 amide bonds. The number of anilines is 1. The van der Waals surface area contributed by atoms with Crippen molar-refractivity contribution < 1.29 is 41.8 Å². The first kappa shape index (κ1) is 26.3. The van der Waals surface area contributed by atoms with Gasteiger partial charge in [-0.1, -0.05) is 19.9 Å². The molecule has 1 fully saturated rings. The number of nitrogens with zero attached hydrogens (tertiary/aromatic N) is 2. The van der Waals surface area contributed by atoms with E-state index in [1.165, 1.54) is 24.8 Å². The molecule has 0 saturated carbocycles. The lowest BCUT2D eigenvalue weighted by Crippen LogP contribution is -2.39. The van der Waals surface area contributed by atoms with Crippen molar-refractivity contribution in [2.24, 2.45) is 5.92 Å². The van der Waals surface area contributed by atoms with Crippen molar-refractivity contribution in [3.8, 4) is 5.75 Å². The number of hydrogen-bond donors (Lipinski definition) is 2. The normalized spacial score (nSPS) is 20.0. The van der Waals surface area contributed by atoms with Gasteiger partial charge in [0.1, 0.15) is 18.0 Å². The van der Waals surface area contributed by atoms with E-state index in [1.807, 2.05) is 13.8 Å². The maximum absolute atomic E-state index is 15.6. The second-order valence-corrected chi connectivity index (χ2v) is 10.3. The van der Waals surface area contributed by atoms with Crippen molar-refractivity contribution in [2.75, 3.05) is 17.4 Å². The van der Waals surface area contributed by atoms with Gasteiger partial charge in [0, 0.05) is 19.4 Å². The molecule has 0 radical (unpaired) electrons. The van der Waals surface area contributed by atoms with Crippen LogP contribution in [0.1, 0.15) is 46.1 Å². The Kier molecular flexibility index (Phi) is 7.58. The molecule has 0 spiro atoms. The summed E-state index contributed by atoms with van der Waals surface area (Å²) in [5, 5.41) is 10.2. The number of phenols is 1. The predicted octanol–water partition coefficient (Wildman–Crippen LogP) is 2.26. The smallest absolute Gasteiger partial charge is 0.413 e. The molecule has 0 aromatic heterocycles. The quantitative estimate of drug-likeness (QED) is 0.418. The minimum atomic E-state index is -4.36. The molecule has 2 atom stereocenters. The van der Waals surface area contributed by atoms with Crippen molar-refractivity contribution in [3.05, 3.63) is 29.6 Å². The maximum Gasteiger partial charge on any atom is 0.413 e. The first-order valence-corrected chi connectivity index (χ1v) is 12.4. The van der Waals surface area contributed by atoms with Gasteiger partial charge in [0.05, 0.1) is 12.6 Å². The van der Waals surface area contributed by atoms with Crippen LogP contribution in [0.3, 0.4) is 0 Å². The number of aromatic hydroxyl groups is 1. The Hall–Kier alpha value is -3.35. The number of carbonyl (C=O) groups excluding carboxylic acids is 3. The lowest BCUT2D eigenvalue weighted by Gasteiger charge is -2.26. The number of benzene rings is 1. The number of phenolic OH excluding ortho intramolecular Hbond substituents is 1. The monoisotopic (exact) mass is 513 g/mol. The lowest BCUT2D eigenvalue weighted by molar-refractivity contribution is -0.163. The summed E-state index contributed by atoms with van der Waals surface area (Å²) in [4.78, 5) is 36.9. The number of amides is 2. The SMILES string of the molecule is CC(=O)O[C@@H](C)OC(=O)N1CC(c2ccc(O)c(N3CC(=O)NS3(=O)=O)c2F)=C[C@@H]1CCC(C)C. The Morgan fingerprint density at radius 2 is 1.91 bits per heavy atom. The fraction of sp³-hybridized carbons (Fsp3) is 0.500. The molecule has 3 rings (SSSR count). The third kappa shape index (κ3) is 5.84. The number of hydrogen-bond acceptors (Lipinski definition) is 8. The number of nitrogens with one attached hydrogen (secondary N) is 1. The van der Waals surface area contributed by atoms with E-state index in [2.05, 4.69) is 0 Å². The molecule has 1 aromatic carbocycles. The number of carbonyl (C=O) groups is 3. The van der Waals surface area contributed by atoms with Crippen LogP contribution in [0.2, 0.25) is 0 Å². The highest BCUT2D eigenvalue weighted by Crippen LogP contribution is 2.39. The molecule has 2 aliphatic rings. The Balaban J connectivity index is 1.93. The number of rotatable bonds is 7. The van der Waals surface area contributed by atoms with Gasteiger partial charge in [0.15, 0.2) is 5.82 Å². The third-order valence-electron chi connectivity index (χ3n) is 5.52. The van der Waals surface area contributed by atoms with Gasteiger partial charge in [-0.3, -0.25) is 14.5 Å². The lowest BCUT2D eigenvalue weighted by atomic mass is 10.0. The van der Waals surface area contributed by atoms with Crippen LogP contribution in [0.5, 0.6) is 5.75 Å². The summed E-state index contributed by atoms with van der Waals surface area (Å²) >= 11 is 0. The van der Waals surface area contributed by atoms with Crippen molar-refractivity contribution in [3.63, 3.8) is 0 Å². The highest BCUT2D eigenvalue weighted by Gasteiger charge is 2.39. The van der Waals surface area contributed by atoms with E-state index in [-0.39, 0.29) is 12.1 Å². The Morgan fingerprint density at radius 1 is 1.23 bits per heavy atom. The molecule has 0 bridgehead atoms. The molecule has 0 unspecified atom stereocenters. The molecule has 35 heavy (non-hydrogen) atoms. The second-order valence-electron chi connectivity index (χ2n) is 8.75. The van der Waals surface area contributed by atoms with E-state index in [0.717, 1.165) is 12.5 Å². The van der Waals surface area contributed by atoms with E-state index in [4.69, 9.17) is 9.47 Å². The molecule has 1 aromatic rings. The summed E-state index contributed by atoms with van der Waals surface area (Å²) in [5.41, 5.74) is -0.333. The zero-order valence-corrected chi connectivity index (χ0v) is 20.6. The van der Waals surface area contributed by atoms with Gasteiger partial charge in [-0.2, -0.15) is 8.42 Å². The van der Waals surface area contributed by atoms with Gasteiger partial charge in [-0.15, -0.1) is 0 Å². The molecule has 13 heteroatoms. The van der Waals surface area contributed by atoms with E-state index in [0.29, 0.717) is 22.2 Å². The van der Waals surface area contributed by atoms with Gasteiger partial charge < -0.3 is 14.6 Å². The largest absolute Gasteiger partial charge is 0.506 e. The first-order chi connectivity index (χ1) is 16.3. The second kappa shape index (κ2) is 10.1. The minimum absolute atomic E-state index is 0.0368. The molecular weight excluding hydrogens is 485 g/mol. The van der Waals surface area contributed by atoms with Gasteiger partial charge in [0.2, 0.25) is 6.29 Å². The zero-order chi connectivity index (χ0) is 26.1. The van der Waals surface area contributed by atoms with Crippen LogP contribution >= 0.6 is 0 Å². The van der Waals surface area contributed by atoms with E-state index in [1.54, 1.807) is 10.8 Å². The number of halogens is 1. The van der Waals surface area contributed by atoms with Gasteiger partial charge in [0.25, 0.3) is 5.91 Å². The summed E-state index contributed by atoms with van der Waals surface area (Å²) < 4.78 is 52.3. The van der Waals surface area contributed by atoms with Crippen LogP contribution in [0.25, 0.3) is 5.57 Å². The van der Waals surface area contributed by atoms with E-state index in [9.17, 15) is 27.9 Å². The summed E-state index contributed by atoms with van der Waals surface area (Å²) in [5.74, 6) is -2.87. The van der Waals surface area contributed by atoms with Crippen LogP contribution in [0.4, 0.5) is 14.9 Å². The maximum atomic E-state index is 15.6. The standard InChI is InChI=1S/C22H28FN3O8S/c1-12(2)5-6-16-9-15(10-25(16)22(30)34-14(4)33-13(3)27)17-7-8-18(28)21(20(17)23)26-11-19(29)24-35(26,31)32/h7-9,12,14,16,28H,5-6,10-11H2,1-4H3,(H,24,29)/t14-,16+/m1/s1. The van der Waals surface area contributed by atoms with Gasteiger partial charge >= 0.3 is 22.3 Å². The van der Waals surface area contributed by atoms with Crippen LogP contribution < -0.4 is 9.03 Å². The number of ether oxygens (including phenoxy) is 2. The fourth-order valence-corrected chi connectivity index (χ4v) is 5.11. The molecule has 11 nitrogen and oxygen atoms in total. The summed E-state index contributed by atoms with van der Waals surface area (Å²) in [6.45, 7) is 5.86. The molecule has 0 aliphatic carbocycles. The summed E-state index contributed by atoms with van der Waals surface area (Å²) in [6.07, 6.45) is 1.08. The third-order valence-corrected chi connectivity index (χ3v) is 6.90. The van der Waals surface area contributed by atoms with Crippen LogP contribution in [-0.2, 0) is 29.3 Å². The molecule has 2 aliphatic heterocycles. The molecule has 1 saturated heterocycles. The number of esters is 1. The topological polar surface area (TPSA) is 143 Å². The van der Waals surface area contributed by atoms with E-state index >= 15 is 4.39 Å². The molecular formula is C22H28FN3O8S. The summed E-state index contributed by atoms with van der Waals surface area (Å²) in [6, 6.07) is 1.94. The van der Waals surface area contributed by atoms with Crippen molar-refractivity contribution in [1.82, 2.24) is 9.62 Å². The van der Waals surface area contributed by atoms with Crippen LogP contribution in [-0.4, -0.2) is 61.8 Å². The average Bonchev–Trinajstić information content (AvgIpc) is 3.25.